The average molecular weight is 318 g/mol. The topological polar surface area (TPSA) is 70.6 Å². The van der Waals surface area contributed by atoms with E-state index in [0.29, 0.717) is 0 Å². The van der Waals surface area contributed by atoms with Crippen molar-refractivity contribution in [3.8, 4) is 0 Å². The fourth-order valence-electron chi connectivity index (χ4n) is 3.55. The number of hydrogen-bond acceptors (Lipinski definition) is 3. The maximum Gasteiger partial charge on any atom is 0.315 e. The van der Waals surface area contributed by atoms with Crippen LogP contribution in [-0.4, -0.2) is 36.0 Å². The quantitative estimate of drug-likeness (QED) is 0.799. The van der Waals surface area contributed by atoms with E-state index in [1.165, 1.54) is 0 Å². The van der Waals surface area contributed by atoms with Crippen molar-refractivity contribution in [3.63, 3.8) is 0 Å². The number of urea groups is 1. The molecule has 23 heavy (non-hydrogen) atoms. The van der Waals surface area contributed by atoms with Crippen LogP contribution in [0.5, 0.6) is 0 Å². The van der Waals surface area contributed by atoms with Gasteiger partial charge in [-0.2, -0.15) is 0 Å². The van der Waals surface area contributed by atoms with Gasteiger partial charge in [0.25, 0.3) is 0 Å². The van der Waals surface area contributed by atoms with E-state index in [9.17, 15) is 9.90 Å². The Bertz CT molecular complexity index is 502. The lowest BCUT2D eigenvalue weighted by Gasteiger charge is -2.30. The Morgan fingerprint density at radius 1 is 1.13 bits per heavy atom. The van der Waals surface area contributed by atoms with Crippen LogP contribution in [-0.2, 0) is 4.74 Å². The molecule has 0 spiro atoms. The number of rotatable bonds is 4. The monoisotopic (exact) mass is 318 g/mol. The van der Waals surface area contributed by atoms with Gasteiger partial charge in [0.1, 0.15) is 0 Å². The minimum Gasteiger partial charge on any atom is -0.391 e. The van der Waals surface area contributed by atoms with E-state index in [1.807, 2.05) is 30.3 Å². The molecule has 1 aromatic rings. The number of aliphatic hydroxyl groups excluding tert-OH is 1. The highest BCUT2D eigenvalue weighted by Gasteiger charge is 2.30. The van der Waals surface area contributed by atoms with Crippen LogP contribution in [0.1, 0.15) is 50.1 Å². The summed E-state index contributed by atoms with van der Waals surface area (Å²) in [5, 5.41) is 16.0. The van der Waals surface area contributed by atoms with Crippen LogP contribution >= 0.6 is 0 Å². The normalized spacial score (nSPS) is 29.0. The molecular formula is C18H26N2O3. The molecule has 3 N–H and O–H groups in total. The molecule has 2 amide bonds. The first-order valence-corrected chi connectivity index (χ1v) is 8.65. The zero-order valence-electron chi connectivity index (χ0n) is 13.4. The molecule has 3 rings (SSSR count). The minimum atomic E-state index is -0.438. The van der Waals surface area contributed by atoms with Crippen LogP contribution < -0.4 is 10.6 Å². The lowest BCUT2D eigenvalue weighted by molar-refractivity contribution is 0.0766. The van der Waals surface area contributed by atoms with Crippen LogP contribution in [0.25, 0.3) is 0 Å². The summed E-state index contributed by atoms with van der Waals surface area (Å²) in [7, 11) is 0. The number of carbonyl (C=O) groups excluding carboxylic acids is 1. The average Bonchev–Trinajstić information content (AvgIpc) is 3.10. The molecule has 0 aromatic heterocycles. The van der Waals surface area contributed by atoms with E-state index < -0.39 is 6.10 Å². The summed E-state index contributed by atoms with van der Waals surface area (Å²) in [6.07, 6.45) is 5.24. The summed E-state index contributed by atoms with van der Waals surface area (Å²) in [5.41, 5.74) is 1.05. The minimum absolute atomic E-state index is 0.0134. The third-order valence-electron chi connectivity index (χ3n) is 4.83. The van der Waals surface area contributed by atoms with Gasteiger partial charge < -0.3 is 20.5 Å². The van der Waals surface area contributed by atoms with Gasteiger partial charge in [-0.3, -0.25) is 0 Å². The number of nitrogens with one attached hydrogen (secondary N) is 2. The number of benzene rings is 1. The molecule has 0 unspecified atom stereocenters. The van der Waals surface area contributed by atoms with Crippen LogP contribution in [0.2, 0.25) is 0 Å². The molecule has 1 saturated heterocycles. The van der Waals surface area contributed by atoms with Crippen molar-refractivity contribution in [2.24, 2.45) is 0 Å². The van der Waals surface area contributed by atoms with E-state index in [-0.39, 0.29) is 24.2 Å². The molecule has 5 heteroatoms. The Balaban J connectivity index is 1.64. The van der Waals surface area contributed by atoms with Crippen molar-refractivity contribution in [1.29, 1.82) is 0 Å². The van der Waals surface area contributed by atoms with Gasteiger partial charge in [0.05, 0.1) is 24.3 Å². The highest BCUT2D eigenvalue weighted by molar-refractivity contribution is 5.75. The van der Waals surface area contributed by atoms with Crippen molar-refractivity contribution in [2.75, 3.05) is 6.61 Å². The maximum absolute atomic E-state index is 12.4. The Labute approximate surface area is 137 Å². The molecule has 5 nitrogen and oxygen atoms in total. The molecule has 1 aliphatic carbocycles. The number of amides is 2. The first-order chi connectivity index (χ1) is 11.2. The smallest absolute Gasteiger partial charge is 0.315 e. The Hall–Kier alpha value is -1.59. The molecule has 2 aliphatic rings. The van der Waals surface area contributed by atoms with Crippen molar-refractivity contribution in [1.82, 2.24) is 10.6 Å². The summed E-state index contributed by atoms with van der Waals surface area (Å²) in [6, 6.07) is 9.42. The molecule has 4 atom stereocenters. The second-order valence-corrected chi connectivity index (χ2v) is 6.52. The third-order valence-corrected chi connectivity index (χ3v) is 4.83. The zero-order valence-corrected chi connectivity index (χ0v) is 13.4. The van der Waals surface area contributed by atoms with E-state index in [1.54, 1.807) is 0 Å². The van der Waals surface area contributed by atoms with E-state index in [4.69, 9.17) is 4.74 Å². The van der Waals surface area contributed by atoms with Gasteiger partial charge in [-0.25, -0.2) is 4.79 Å². The highest BCUT2D eigenvalue weighted by Crippen LogP contribution is 2.27. The molecule has 0 bridgehead atoms. The summed E-state index contributed by atoms with van der Waals surface area (Å²) in [5.74, 6) is 0. The number of aliphatic hydroxyl groups is 1. The van der Waals surface area contributed by atoms with Crippen molar-refractivity contribution < 1.29 is 14.6 Å². The fourth-order valence-corrected chi connectivity index (χ4v) is 3.55. The molecule has 0 radical (unpaired) electrons. The zero-order chi connectivity index (χ0) is 16.1. The van der Waals surface area contributed by atoms with Gasteiger partial charge >= 0.3 is 6.03 Å². The molecule has 1 aliphatic heterocycles. The maximum atomic E-state index is 12.4. The van der Waals surface area contributed by atoms with Crippen LogP contribution in [0.4, 0.5) is 4.79 Å². The largest absolute Gasteiger partial charge is 0.391 e. The van der Waals surface area contributed by atoms with Gasteiger partial charge in [0.2, 0.25) is 0 Å². The Kier molecular flexibility index (Phi) is 5.51. The molecule has 1 heterocycles. The van der Waals surface area contributed by atoms with E-state index in [2.05, 4.69) is 10.6 Å². The van der Waals surface area contributed by atoms with Gasteiger partial charge in [0.15, 0.2) is 0 Å². The van der Waals surface area contributed by atoms with Crippen LogP contribution in [0.15, 0.2) is 30.3 Å². The van der Waals surface area contributed by atoms with E-state index in [0.717, 1.165) is 50.7 Å². The van der Waals surface area contributed by atoms with Crippen molar-refractivity contribution in [2.45, 2.75) is 62.8 Å². The van der Waals surface area contributed by atoms with Gasteiger partial charge in [0, 0.05) is 6.61 Å². The number of ether oxygens (including phenoxy) is 1. The van der Waals surface area contributed by atoms with Gasteiger partial charge in [-0.15, -0.1) is 0 Å². The summed E-state index contributed by atoms with van der Waals surface area (Å²) >= 11 is 0. The van der Waals surface area contributed by atoms with E-state index >= 15 is 0 Å². The van der Waals surface area contributed by atoms with Gasteiger partial charge in [-0.05, 0) is 31.2 Å². The SMILES string of the molecule is O=C(N[C@H](c1ccccc1)[C@@H]1CCCO1)N[C@@H]1CCCC[C@@H]1O. The number of hydrogen-bond donors (Lipinski definition) is 3. The molecule has 2 fully saturated rings. The van der Waals surface area contributed by atoms with Gasteiger partial charge in [-0.1, -0.05) is 43.2 Å². The first-order valence-electron chi connectivity index (χ1n) is 8.65. The Morgan fingerprint density at radius 3 is 2.61 bits per heavy atom. The second kappa shape index (κ2) is 7.79. The predicted octanol–water partition coefficient (Wildman–Crippen LogP) is 2.51. The number of carbonyl (C=O) groups is 1. The summed E-state index contributed by atoms with van der Waals surface area (Å²) in [6.45, 7) is 0.749. The third kappa shape index (κ3) is 4.24. The first kappa shape index (κ1) is 16.3. The highest BCUT2D eigenvalue weighted by atomic mass is 16.5. The summed E-state index contributed by atoms with van der Waals surface area (Å²) < 4.78 is 5.79. The lowest BCUT2D eigenvalue weighted by Crippen LogP contribution is -2.50. The standard InChI is InChI=1S/C18H26N2O3/c21-15-10-5-4-9-14(15)19-18(22)20-17(16-11-6-12-23-16)13-7-2-1-3-8-13/h1-3,7-8,14-17,21H,4-6,9-12H2,(H2,19,20,22)/t14-,15+,16+,17-/m1/s1. The van der Waals surface area contributed by atoms with Crippen LogP contribution in [0.3, 0.4) is 0 Å². The van der Waals surface area contributed by atoms with Crippen molar-refractivity contribution >= 4 is 6.03 Å². The molecule has 1 aromatic carbocycles. The molecule has 126 valence electrons. The Morgan fingerprint density at radius 2 is 1.91 bits per heavy atom. The van der Waals surface area contributed by atoms with Crippen molar-refractivity contribution in [3.05, 3.63) is 35.9 Å². The summed E-state index contributed by atoms with van der Waals surface area (Å²) in [4.78, 5) is 12.4. The molecule has 1 saturated carbocycles. The van der Waals surface area contributed by atoms with Crippen LogP contribution in [0, 0.1) is 0 Å². The fraction of sp³-hybridized carbons (Fsp3) is 0.611. The lowest BCUT2D eigenvalue weighted by atomic mass is 9.93. The second-order valence-electron chi connectivity index (χ2n) is 6.52. The molecular weight excluding hydrogens is 292 g/mol. The predicted molar refractivity (Wildman–Crippen MR) is 88.1 cm³/mol.